The highest BCUT2D eigenvalue weighted by Gasteiger charge is 2.40. The van der Waals surface area contributed by atoms with Crippen LogP contribution in [0.15, 0.2) is 12.4 Å². The molecule has 86 valence electrons. The van der Waals surface area contributed by atoms with Gasteiger partial charge in [-0.1, -0.05) is 13.5 Å². The number of hydrogen-bond acceptors (Lipinski definition) is 2. The minimum atomic E-state index is 0.208. The van der Waals surface area contributed by atoms with Crippen molar-refractivity contribution in [3.8, 4) is 0 Å². The summed E-state index contributed by atoms with van der Waals surface area (Å²) in [5.74, 6) is 3.37. The van der Waals surface area contributed by atoms with Crippen molar-refractivity contribution in [1.29, 1.82) is 0 Å². The maximum absolute atomic E-state index is 5.68. The Labute approximate surface area is 93.3 Å². The zero-order valence-electron chi connectivity index (χ0n) is 10.1. The summed E-state index contributed by atoms with van der Waals surface area (Å²) in [6, 6.07) is 0. The summed E-state index contributed by atoms with van der Waals surface area (Å²) in [5, 5.41) is 3.38. The zero-order chi connectivity index (χ0) is 11.1. The van der Waals surface area contributed by atoms with Gasteiger partial charge >= 0.3 is 0 Å². The molecule has 0 aromatic heterocycles. The molecule has 0 heterocycles. The average molecular weight is 208 g/mol. The summed E-state index contributed by atoms with van der Waals surface area (Å²) in [5.41, 5.74) is 5.89. The quantitative estimate of drug-likeness (QED) is 0.732. The van der Waals surface area contributed by atoms with Gasteiger partial charge < -0.3 is 11.1 Å². The van der Waals surface area contributed by atoms with Gasteiger partial charge in [0.1, 0.15) is 0 Å². The molecule has 0 aromatic carbocycles. The molecule has 0 amide bonds. The van der Waals surface area contributed by atoms with Crippen molar-refractivity contribution in [3.63, 3.8) is 0 Å². The third-order valence-electron chi connectivity index (χ3n) is 4.08. The zero-order valence-corrected chi connectivity index (χ0v) is 10.1. The molecular weight excluding hydrogens is 184 g/mol. The van der Waals surface area contributed by atoms with Gasteiger partial charge in [-0.05, 0) is 56.8 Å². The largest absolute Gasteiger partial charge is 0.386 e. The molecule has 2 bridgehead atoms. The van der Waals surface area contributed by atoms with E-state index in [1.54, 1.807) is 0 Å². The fourth-order valence-corrected chi connectivity index (χ4v) is 4.08. The normalized spacial score (nSPS) is 44.8. The Kier molecular flexibility index (Phi) is 2.70. The van der Waals surface area contributed by atoms with E-state index >= 15 is 0 Å². The Morgan fingerprint density at radius 1 is 1.27 bits per heavy atom. The van der Waals surface area contributed by atoms with Gasteiger partial charge in [0.15, 0.2) is 0 Å². The Bertz CT molecular complexity index is 241. The van der Waals surface area contributed by atoms with E-state index in [9.17, 15) is 0 Å². The van der Waals surface area contributed by atoms with Crippen LogP contribution in [0.3, 0.4) is 0 Å². The highest BCUT2D eigenvalue weighted by molar-refractivity contribution is 5.01. The summed E-state index contributed by atoms with van der Waals surface area (Å²) < 4.78 is 0. The van der Waals surface area contributed by atoms with Crippen molar-refractivity contribution >= 4 is 0 Å². The molecule has 2 nitrogen and oxygen atoms in total. The van der Waals surface area contributed by atoms with Gasteiger partial charge in [0, 0.05) is 5.54 Å². The van der Waals surface area contributed by atoms with Crippen LogP contribution in [-0.2, 0) is 0 Å². The predicted molar refractivity (Wildman–Crippen MR) is 64.1 cm³/mol. The van der Waals surface area contributed by atoms with Gasteiger partial charge in [-0.2, -0.15) is 0 Å². The first-order chi connectivity index (χ1) is 6.97. The van der Waals surface area contributed by atoms with E-state index in [1.165, 1.54) is 32.1 Å². The first-order valence-corrected chi connectivity index (χ1v) is 6.19. The second kappa shape index (κ2) is 3.73. The second-order valence-electron chi connectivity index (χ2n) is 6.16. The smallest absolute Gasteiger partial charge is 0.0890 e. The summed E-state index contributed by atoms with van der Waals surface area (Å²) in [6.45, 7) is 8.48. The van der Waals surface area contributed by atoms with Crippen molar-refractivity contribution in [1.82, 2.24) is 5.32 Å². The SMILES string of the molecule is C=C(N)NC1(C)CC2CC(C)CC(C2)C1. The van der Waals surface area contributed by atoms with Crippen LogP contribution in [0, 0.1) is 17.8 Å². The van der Waals surface area contributed by atoms with Gasteiger partial charge in [0.05, 0.1) is 5.82 Å². The molecule has 2 rings (SSSR count). The van der Waals surface area contributed by atoms with Crippen LogP contribution in [0.2, 0.25) is 0 Å². The van der Waals surface area contributed by atoms with Crippen molar-refractivity contribution in [3.05, 3.63) is 12.4 Å². The molecule has 2 heteroatoms. The highest BCUT2D eigenvalue weighted by Crippen LogP contribution is 2.46. The Morgan fingerprint density at radius 3 is 2.27 bits per heavy atom. The molecule has 0 aliphatic heterocycles. The molecule has 2 fully saturated rings. The minimum absolute atomic E-state index is 0.208. The van der Waals surface area contributed by atoms with Crippen molar-refractivity contribution in [2.75, 3.05) is 0 Å². The van der Waals surface area contributed by atoms with Crippen LogP contribution in [0.1, 0.15) is 46.0 Å². The van der Waals surface area contributed by atoms with Gasteiger partial charge in [0.2, 0.25) is 0 Å². The highest BCUT2D eigenvalue weighted by atomic mass is 15.1. The fraction of sp³-hybridized carbons (Fsp3) is 0.846. The molecule has 2 saturated carbocycles. The van der Waals surface area contributed by atoms with E-state index in [1.807, 2.05) is 0 Å². The van der Waals surface area contributed by atoms with Crippen molar-refractivity contribution < 1.29 is 0 Å². The number of hydrogen-bond donors (Lipinski definition) is 2. The Hall–Kier alpha value is -0.660. The van der Waals surface area contributed by atoms with Gasteiger partial charge in [0.25, 0.3) is 0 Å². The van der Waals surface area contributed by atoms with E-state index in [4.69, 9.17) is 5.73 Å². The predicted octanol–water partition coefficient (Wildman–Crippen LogP) is 2.61. The topological polar surface area (TPSA) is 38.0 Å². The third kappa shape index (κ3) is 2.47. The first-order valence-electron chi connectivity index (χ1n) is 6.19. The molecule has 2 atom stereocenters. The molecule has 0 radical (unpaired) electrons. The number of rotatable bonds is 2. The number of nitrogens with one attached hydrogen (secondary N) is 1. The third-order valence-corrected chi connectivity index (χ3v) is 4.08. The summed E-state index contributed by atoms with van der Waals surface area (Å²) >= 11 is 0. The molecule has 2 unspecified atom stereocenters. The molecule has 0 aromatic rings. The standard InChI is InChI=1S/C13H24N2/c1-9-4-11-6-12(5-9)8-13(3,7-11)15-10(2)14/h9,11-12,15H,2,4-8,14H2,1,3H3. The lowest BCUT2D eigenvalue weighted by molar-refractivity contribution is 0.0789. The fourth-order valence-electron chi connectivity index (χ4n) is 4.08. The van der Waals surface area contributed by atoms with E-state index in [0.717, 1.165) is 17.8 Å². The van der Waals surface area contributed by atoms with E-state index < -0.39 is 0 Å². The minimum Gasteiger partial charge on any atom is -0.386 e. The Balaban J connectivity index is 2.03. The van der Waals surface area contributed by atoms with Crippen LogP contribution < -0.4 is 11.1 Å². The summed E-state index contributed by atoms with van der Waals surface area (Å²) in [7, 11) is 0. The first kappa shape index (κ1) is 10.8. The van der Waals surface area contributed by atoms with Crippen LogP contribution in [0.5, 0.6) is 0 Å². The molecule has 15 heavy (non-hydrogen) atoms. The molecule has 0 spiro atoms. The number of nitrogens with two attached hydrogens (primary N) is 1. The second-order valence-corrected chi connectivity index (χ2v) is 6.16. The molecule has 2 aliphatic carbocycles. The lowest BCUT2D eigenvalue weighted by Gasteiger charge is -2.48. The van der Waals surface area contributed by atoms with E-state index in [0.29, 0.717) is 5.82 Å². The van der Waals surface area contributed by atoms with Crippen LogP contribution in [0.25, 0.3) is 0 Å². The summed E-state index contributed by atoms with van der Waals surface area (Å²) in [6.07, 6.45) is 6.79. The van der Waals surface area contributed by atoms with E-state index in [2.05, 4.69) is 25.7 Å². The molecule has 3 N–H and O–H groups in total. The lowest BCUT2D eigenvalue weighted by Crippen LogP contribution is -2.50. The van der Waals surface area contributed by atoms with E-state index in [-0.39, 0.29) is 5.54 Å². The maximum atomic E-state index is 5.68. The average Bonchev–Trinajstić information content (AvgIpc) is 1.96. The molecule has 2 aliphatic rings. The lowest BCUT2D eigenvalue weighted by atomic mass is 9.63. The molecular formula is C13H24N2. The number of fused-ring (bicyclic) bond motifs is 2. The van der Waals surface area contributed by atoms with Crippen LogP contribution >= 0.6 is 0 Å². The van der Waals surface area contributed by atoms with Crippen LogP contribution in [0.4, 0.5) is 0 Å². The maximum Gasteiger partial charge on any atom is 0.0890 e. The monoisotopic (exact) mass is 208 g/mol. The Morgan fingerprint density at radius 2 is 1.80 bits per heavy atom. The van der Waals surface area contributed by atoms with Gasteiger partial charge in [-0.15, -0.1) is 0 Å². The summed E-state index contributed by atoms with van der Waals surface area (Å²) in [4.78, 5) is 0. The molecule has 0 saturated heterocycles. The van der Waals surface area contributed by atoms with Gasteiger partial charge in [-0.3, -0.25) is 0 Å². The van der Waals surface area contributed by atoms with Crippen LogP contribution in [-0.4, -0.2) is 5.54 Å². The van der Waals surface area contributed by atoms with Gasteiger partial charge in [-0.25, -0.2) is 0 Å². The van der Waals surface area contributed by atoms with Crippen molar-refractivity contribution in [2.24, 2.45) is 23.5 Å². The van der Waals surface area contributed by atoms with Crippen molar-refractivity contribution in [2.45, 2.75) is 51.5 Å².